The van der Waals surface area contributed by atoms with E-state index >= 15 is 0 Å². The maximum atomic E-state index is 11.1. The molecule has 4 atom stereocenters. The number of fused-ring (bicyclic) bond motifs is 1. The van der Waals surface area contributed by atoms with Gasteiger partial charge in [-0.2, -0.15) is 0 Å². The van der Waals surface area contributed by atoms with E-state index in [-0.39, 0.29) is 23.9 Å². The van der Waals surface area contributed by atoms with Crippen molar-refractivity contribution in [2.75, 3.05) is 7.11 Å². The molecule has 0 radical (unpaired) electrons. The molecule has 0 aromatic carbocycles. The molecule has 3 fully saturated rings. The van der Waals surface area contributed by atoms with Gasteiger partial charge in [0.2, 0.25) is 0 Å². The first kappa shape index (κ1) is 7.10. The van der Waals surface area contributed by atoms with Crippen molar-refractivity contribution in [3.63, 3.8) is 0 Å². The summed E-state index contributed by atoms with van der Waals surface area (Å²) < 4.78 is 4.63. The molecular formula is C8H12O3. The Bertz CT molecular complexity index is 190. The van der Waals surface area contributed by atoms with Crippen LogP contribution in [0.4, 0.5) is 0 Å². The van der Waals surface area contributed by atoms with Crippen LogP contribution in [0, 0.1) is 17.8 Å². The van der Waals surface area contributed by atoms with Crippen molar-refractivity contribution in [2.24, 2.45) is 17.8 Å². The van der Waals surface area contributed by atoms with Crippen LogP contribution in [0.3, 0.4) is 0 Å². The molecule has 0 saturated heterocycles. The van der Waals surface area contributed by atoms with Gasteiger partial charge in [-0.3, -0.25) is 4.79 Å². The molecule has 0 unspecified atom stereocenters. The van der Waals surface area contributed by atoms with Crippen molar-refractivity contribution >= 4 is 5.97 Å². The third kappa shape index (κ3) is 0.805. The fraction of sp³-hybridized carbons (Fsp3) is 0.875. The largest absolute Gasteiger partial charge is 0.469 e. The predicted octanol–water partition coefficient (Wildman–Crippen LogP) is 0.176. The molecule has 0 aromatic rings. The van der Waals surface area contributed by atoms with Crippen molar-refractivity contribution < 1.29 is 14.6 Å². The highest BCUT2D eigenvalue weighted by Gasteiger charge is 2.56. The number of carbonyl (C=O) groups excluding carboxylic acids is 1. The second-order valence-corrected chi connectivity index (χ2v) is 3.51. The Hall–Kier alpha value is -0.570. The monoisotopic (exact) mass is 156 g/mol. The Morgan fingerprint density at radius 3 is 2.64 bits per heavy atom. The normalized spacial score (nSPS) is 46.7. The number of hydrogen-bond acceptors (Lipinski definition) is 3. The first-order chi connectivity index (χ1) is 5.24. The highest BCUT2D eigenvalue weighted by atomic mass is 16.5. The number of aliphatic hydroxyl groups is 1. The third-order valence-electron chi connectivity index (χ3n) is 3.06. The Kier molecular flexibility index (Phi) is 1.42. The summed E-state index contributed by atoms with van der Waals surface area (Å²) in [6.07, 6.45) is 1.56. The van der Waals surface area contributed by atoms with Crippen LogP contribution in [0.2, 0.25) is 0 Å². The van der Waals surface area contributed by atoms with Crippen LogP contribution in [-0.2, 0) is 9.53 Å². The molecule has 0 aromatic heterocycles. The van der Waals surface area contributed by atoms with E-state index < -0.39 is 0 Å². The van der Waals surface area contributed by atoms with Crippen LogP contribution in [0.25, 0.3) is 0 Å². The van der Waals surface area contributed by atoms with Gasteiger partial charge in [0.05, 0.1) is 19.1 Å². The van der Waals surface area contributed by atoms with Crippen LogP contribution >= 0.6 is 0 Å². The number of methoxy groups -OCH3 is 1. The number of ether oxygens (including phenoxy) is 1. The van der Waals surface area contributed by atoms with E-state index in [1.807, 2.05) is 0 Å². The molecule has 3 heteroatoms. The van der Waals surface area contributed by atoms with Crippen molar-refractivity contribution in [3.05, 3.63) is 0 Å². The summed E-state index contributed by atoms with van der Waals surface area (Å²) in [4.78, 5) is 11.1. The Morgan fingerprint density at radius 2 is 2.27 bits per heavy atom. The second kappa shape index (κ2) is 2.21. The molecule has 3 nitrogen and oxygen atoms in total. The molecule has 3 aliphatic carbocycles. The van der Waals surface area contributed by atoms with Crippen LogP contribution in [0.5, 0.6) is 0 Å². The minimum Gasteiger partial charge on any atom is -0.469 e. The maximum Gasteiger partial charge on any atom is 0.309 e. The third-order valence-corrected chi connectivity index (χ3v) is 3.06. The summed E-state index contributed by atoms with van der Waals surface area (Å²) in [5.74, 6) is 0.479. The number of esters is 1. The quantitative estimate of drug-likeness (QED) is 0.551. The van der Waals surface area contributed by atoms with Crippen molar-refractivity contribution in [1.29, 1.82) is 0 Å². The number of carbonyl (C=O) groups is 1. The number of rotatable bonds is 1. The zero-order valence-corrected chi connectivity index (χ0v) is 6.49. The van der Waals surface area contributed by atoms with Crippen LogP contribution in [-0.4, -0.2) is 24.3 Å². The minimum atomic E-state index is -0.246. The second-order valence-electron chi connectivity index (χ2n) is 3.51. The first-order valence-electron chi connectivity index (χ1n) is 4.00. The molecule has 62 valence electrons. The molecule has 0 spiro atoms. The van der Waals surface area contributed by atoms with Crippen molar-refractivity contribution in [2.45, 2.75) is 18.9 Å². The van der Waals surface area contributed by atoms with Crippen LogP contribution < -0.4 is 0 Å². The molecule has 0 amide bonds. The zero-order chi connectivity index (χ0) is 8.01. The van der Waals surface area contributed by atoms with Gasteiger partial charge in [0, 0.05) is 0 Å². The highest BCUT2D eigenvalue weighted by molar-refractivity contribution is 5.74. The average molecular weight is 156 g/mol. The van der Waals surface area contributed by atoms with E-state index in [2.05, 4.69) is 4.74 Å². The molecule has 0 heterocycles. The summed E-state index contributed by atoms with van der Waals surface area (Å²) in [5, 5.41) is 9.35. The van der Waals surface area contributed by atoms with Gasteiger partial charge in [-0.05, 0) is 24.7 Å². The number of hydrogen-bond donors (Lipinski definition) is 1. The van der Waals surface area contributed by atoms with Crippen molar-refractivity contribution in [3.8, 4) is 0 Å². The molecule has 11 heavy (non-hydrogen) atoms. The fourth-order valence-electron chi connectivity index (χ4n) is 2.42. The fourth-order valence-corrected chi connectivity index (χ4v) is 2.42. The van der Waals surface area contributed by atoms with Gasteiger partial charge < -0.3 is 9.84 Å². The summed E-state index contributed by atoms with van der Waals surface area (Å²) in [7, 11) is 1.41. The van der Waals surface area contributed by atoms with E-state index in [9.17, 15) is 9.90 Å². The van der Waals surface area contributed by atoms with Gasteiger partial charge >= 0.3 is 5.97 Å². The summed E-state index contributed by atoms with van der Waals surface area (Å²) in [6.45, 7) is 0. The lowest BCUT2D eigenvalue weighted by Crippen LogP contribution is -2.37. The van der Waals surface area contributed by atoms with E-state index in [0.717, 1.165) is 12.8 Å². The topological polar surface area (TPSA) is 46.5 Å². The lowest BCUT2D eigenvalue weighted by atomic mass is 9.72. The molecule has 2 bridgehead atoms. The smallest absolute Gasteiger partial charge is 0.309 e. The Morgan fingerprint density at radius 1 is 1.55 bits per heavy atom. The van der Waals surface area contributed by atoms with Crippen LogP contribution in [0.15, 0.2) is 0 Å². The Labute approximate surface area is 65.4 Å². The molecule has 3 aliphatic rings. The molecule has 3 rings (SSSR count). The lowest BCUT2D eigenvalue weighted by molar-refractivity contribution is -0.153. The number of aliphatic hydroxyl groups excluding tert-OH is 1. The average Bonchev–Trinajstić information content (AvgIpc) is 2.43. The Balaban J connectivity index is 2.05. The zero-order valence-electron chi connectivity index (χ0n) is 6.49. The van der Waals surface area contributed by atoms with E-state index in [0.29, 0.717) is 5.92 Å². The SMILES string of the molecule is COC(=O)[C@@H]1[C@@H]2C[C@H]1[C@@H](O)C2. The van der Waals surface area contributed by atoms with Gasteiger partial charge in [0.25, 0.3) is 0 Å². The molecular weight excluding hydrogens is 144 g/mol. The molecule has 0 aliphatic heterocycles. The van der Waals surface area contributed by atoms with E-state index in [1.165, 1.54) is 7.11 Å². The molecule has 1 N–H and O–H groups in total. The van der Waals surface area contributed by atoms with Gasteiger partial charge in [0.1, 0.15) is 0 Å². The predicted molar refractivity (Wildman–Crippen MR) is 37.7 cm³/mol. The molecule has 3 saturated carbocycles. The van der Waals surface area contributed by atoms with E-state index in [4.69, 9.17) is 0 Å². The lowest BCUT2D eigenvalue weighted by Gasteiger charge is -2.33. The van der Waals surface area contributed by atoms with Gasteiger partial charge in [-0.1, -0.05) is 0 Å². The van der Waals surface area contributed by atoms with Crippen LogP contribution in [0.1, 0.15) is 12.8 Å². The summed E-state index contributed by atoms with van der Waals surface area (Å²) in [5.41, 5.74) is 0. The van der Waals surface area contributed by atoms with Crippen molar-refractivity contribution in [1.82, 2.24) is 0 Å². The van der Waals surface area contributed by atoms with Gasteiger partial charge in [0.15, 0.2) is 0 Å². The van der Waals surface area contributed by atoms with Gasteiger partial charge in [-0.15, -0.1) is 0 Å². The summed E-state index contributed by atoms with van der Waals surface area (Å²) in [6, 6.07) is 0. The summed E-state index contributed by atoms with van der Waals surface area (Å²) >= 11 is 0. The minimum absolute atomic E-state index is 0.00926. The first-order valence-corrected chi connectivity index (χ1v) is 4.00. The standard InChI is InChI=1S/C8H12O3/c1-11-8(10)7-4-2-5(7)6(9)3-4/h4-7,9H,2-3H2,1H3/t4-,5+,6+,7-/m1/s1. The van der Waals surface area contributed by atoms with Gasteiger partial charge in [-0.25, -0.2) is 0 Å². The highest BCUT2D eigenvalue weighted by Crippen LogP contribution is 2.53. The van der Waals surface area contributed by atoms with E-state index in [1.54, 1.807) is 0 Å². The maximum absolute atomic E-state index is 11.1.